The molecule has 0 aliphatic carbocycles. The zero-order valence-electron chi connectivity index (χ0n) is 7.58. The van der Waals surface area contributed by atoms with Gasteiger partial charge in [-0.3, -0.25) is 0 Å². The third-order valence-corrected chi connectivity index (χ3v) is 1.74. The summed E-state index contributed by atoms with van der Waals surface area (Å²) in [7, 11) is 0. The van der Waals surface area contributed by atoms with Gasteiger partial charge in [-0.2, -0.15) is 0 Å². The van der Waals surface area contributed by atoms with Crippen molar-refractivity contribution >= 4 is 12.0 Å². The van der Waals surface area contributed by atoms with E-state index in [1.54, 1.807) is 0 Å². The van der Waals surface area contributed by atoms with E-state index in [1.807, 2.05) is 0 Å². The second-order valence-corrected chi connectivity index (χ2v) is 2.79. The number of hydrogen-bond acceptors (Lipinski definition) is 2. The van der Waals surface area contributed by atoms with Crippen LogP contribution in [0.2, 0.25) is 0 Å². The Bertz CT molecular complexity index is 390. The molecule has 0 spiro atoms. The number of hydrogen-bond donors (Lipinski definition) is 2. The van der Waals surface area contributed by atoms with Crippen LogP contribution < -0.4 is 0 Å². The highest BCUT2D eigenvalue weighted by molar-refractivity contribution is 5.85. The first-order valence-corrected chi connectivity index (χ1v) is 4.04. The lowest BCUT2D eigenvalue weighted by atomic mass is 10.1. The van der Waals surface area contributed by atoms with Gasteiger partial charge < -0.3 is 10.2 Å². The van der Waals surface area contributed by atoms with E-state index in [2.05, 4.69) is 0 Å². The minimum Gasteiger partial charge on any atom is -0.478 e. The first-order chi connectivity index (χ1) is 7.04. The highest BCUT2D eigenvalue weighted by Crippen LogP contribution is 2.16. The van der Waals surface area contributed by atoms with Crippen molar-refractivity contribution in [2.24, 2.45) is 0 Å². The van der Waals surface area contributed by atoms with Crippen molar-refractivity contribution in [2.75, 3.05) is 0 Å². The summed E-state index contributed by atoms with van der Waals surface area (Å²) < 4.78 is 26.1. The monoisotopic (exact) mass is 214 g/mol. The van der Waals surface area contributed by atoms with Crippen molar-refractivity contribution in [2.45, 2.75) is 6.61 Å². The van der Waals surface area contributed by atoms with Gasteiger partial charge in [0.2, 0.25) is 0 Å². The number of carboxylic acids is 1. The minimum absolute atomic E-state index is 0.0876. The minimum atomic E-state index is -1.21. The summed E-state index contributed by atoms with van der Waals surface area (Å²) in [6.45, 7) is -0.736. The summed E-state index contributed by atoms with van der Waals surface area (Å²) in [5.74, 6) is -3.01. The molecule has 1 rings (SSSR count). The molecule has 0 radical (unpaired) electrons. The molecule has 0 fully saturated rings. The van der Waals surface area contributed by atoms with Crippen LogP contribution in [-0.2, 0) is 11.4 Å². The van der Waals surface area contributed by atoms with Gasteiger partial charge in [-0.1, -0.05) is 0 Å². The Balaban J connectivity index is 3.09. The highest BCUT2D eigenvalue weighted by Gasteiger charge is 2.08. The van der Waals surface area contributed by atoms with Crippen LogP contribution in [0.15, 0.2) is 18.2 Å². The van der Waals surface area contributed by atoms with Crippen molar-refractivity contribution in [3.8, 4) is 0 Å². The zero-order chi connectivity index (χ0) is 11.4. The Morgan fingerprint density at radius 1 is 1.33 bits per heavy atom. The van der Waals surface area contributed by atoms with Crippen molar-refractivity contribution < 1.29 is 23.8 Å². The van der Waals surface area contributed by atoms with E-state index in [1.165, 1.54) is 0 Å². The molecule has 0 saturated heterocycles. The lowest BCUT2D eigenvalue weighted by Crippen LogP contribution is -1.96. The summed E-state index contributed by atoms with van der Waals surface area (Å²) in [6.07, 6.45) is 1.84. The fourth-order valence-corrected chi connectivity index (χ4v) is 1.04. The Hall–Kier alpha value is -1.75. The maximum Gasteiger partial charge on any atom is 0.328 e. The van der Waals surface area contributed by atoms with E-state index in [9.17, 15) is 13.6 Å². The molecule has 5 heteroatoms. The van der Waals surface area contributed by atoms with Crippen LogP contribution in [0.25, 0.3) is 6.08 Å². The van der Waals surface area contributed by atoms with Crippen LogP contribution in [0.3, 0.4) is 0 Å². The van der Waals surface area contributed by atoms with E-state index >= 15 is 0 Å². The molecule has 0 unspecified atom stereocenters. The average Bonchev–Trinajstić information content (AvgIpc) is 2.14. The quantitative estimate of drug-likeness (QED) is 0.750. The number of carboxylic acid groups (broad SMARTS) is 1. The van der Waals surface area contributed by atoms with Crippen molar-refractivity contribution in [1.82, 2.24) is 0 Å². The van der Waals surface area contributed by atoms with Gasteiger partial charge in [0.05, 0.1) is 6.61 Å². The zero-order valence-corrected chi connectivity index (χ0v) is 7.58. The topological polar surface area (TPSA) is 57.5 Å². The number of rotatable bonds is 3. The molecule has 0 aromatic heterocycles. The van der Waals surface area contributed by atoms with Gasteiger partial charge in [-0.05, 0) is 23.8 Å². The van der Waals surface area contributed by atoms with Gasteiger partial charge in [-0.25, -0.2) is 13.6 Å². The smallest absolute Gasteiger partial charge is 0.328 e. The number of benzene rings is 1. The van der Waals surface area contributed by atoms with E-state index in [0.717, 1.165) is 24.3 Å². The molecule has 0 amide bonds. The number of carbonyl (C=O) groups is 1. The first-order valence-electron chi connectivity index (χ1n) is 4.04. The number of halogens is 2. The molecule has 1 aromatic rings. The molecule has 80 valence electrons. The third-order valence-electron chi connectivity index (χ3n) is 1.74. The molecular formula is C10H8F2O3. The van der Waals surface area contributed by atoms with Crippen LogP contribution in [0, 0.1) is 11.6 Å². The molecule has 15 heavy (non-hydrogen) atoms. The summed E-state index contributed by atoms with van der Waals surface area (Å²) in [5, 5.41) is 16.9. The van der Waals surface area contributed by atoms with Gasteiger partial charge in [0.25, 0.3) is 0 Å². The van der Waals surface area contributed by atoms with E-state index in [-0.39, 0.29) is 5.56 Å². The number of aliphatic hydroxyl groups excluding tert-OH is 1. The molecule has 0 aliphatic heterocycles. The first kappa shape index (κ1) is 11.3. The van der Waals surface area contributed by atoms with E-state index in [4.69, 9.17) is 10.2 Å². The van der Waals surface area contributed by atoms with Crippen LogP contribution in [0.4, 0.5) is 8.78 Å². The molecule has 0 heterocycles. The largest absolute Gasteiger partial charge is 0.478 e. The molecule has 3 nitrogen and oxygen atoms in total. The van der Waals surface area contributed by atoms with Gasteiger partial charge in [0.1, 0.15) is 11.6 Å². The van der Waals surface area contributed by atoms with Crippen molar-refractivity contribution in [1.29, 1.82) is 0 Å². The lowest BCUT2D eigenvalue weighted by molar-refractivity contribution is -0.131. The molecule has 0 atom stereocenters. The molecule has 2 N–H and O–H groups in total. The molecule has 0 bridgehead atoms. The van der Waals surface area contributed by atoms with Crippen molar-refractivity contribution in [3.05, 3.63) is 41.0 Å². The second-order valence-electron chi connectivity index (χ2n) is 2.79. The van der Waals surface area contributed by atoms with Crippen LogP contribution in [0.5, 0.6) is 0 Å². The molecule has 0 saturated carbocycles. The maximum atomic E-state index is 13.1. The Kier molecular flexibility index (Phi) is 3.51. The Morgan fingerprint density at radius 2 is 1.87 bits per heavy atom. The highest BCUT2D eigenvalue weighted by atomic mass is 19.1. The molecular weight excluding hydrogens is 206 g/mol. The summed E-state index contributed by atoms with van der Waals surface area (Å²) in [5.41, 5.74) is -0.341. The fraction of sp³-hybridized carbons (Fsp3) is 0.100. The summed E-state index contributed by atoms with van der Waals surface area (Å²) in [4.78, 5) is 10.2. The SMILES string of the molecule is O=C(O)/C=C/c1cc(F)c(CO)c(F)c1. The van der Waals surface area contributed by atoms with Crippen LogP contribution in [-0.4, -0.2) is 16.2 Å². The molecule has 0 aliphatic rings. The predicted octanol–water partition coefficient (Wildman–Crippen LogP) is 1.55. The Labute approximate surface area is 84.3 Å². The number of aliphatic carboxylic acids is 1. The predicted molar refractivity (Wildman–Crippen MR) is 49.0 cm³/mol. The summed E-state index contributed by atoms with van der Waals surface area (Å²) >= 11 is 0. The average molecular weight is 214 g/mol. The summed E-state index contributed by atoms with van der Waals surface area (Å²) in [6, 6.07) is 1.90. The van der Waals surface area contributed by atoms with Crippen LogP contribution in [0.1, 0.15) is 11.1 Å². The van der Waals surface area contributed by atoms with Crippen molar-refractivity contribution in [3.63, 3.8) is 0 Å². The molecule has 1 aromatic carbocycles. The second kappa shape index (κ2) is 4.65. The third kappa shape index (κ3) is 2.85. The lowest BCUT2D eigenvalue weighted by Gasteiger charge is -2.02. The van der Waals surface area contributed by atoms with E-state index < -0.39 is 29.8 Å². The number of aliphatic hydroxyl groups is 1. The fourth-order valence-electron chi connectivity index (χ4n) is 1.04. The van der Waals surface area contributed by atoms with Gasteiger partial charge in [-0.15, -0.1) is 0 Å². The van der Waals surface area contributed by atoms with Gasteiger partial charge in [0, 0.05) is 11.6 Å². The van der Waals surface area contributed by atoms with Gasteiger partial charge in [0.15, 0.2) is 0 Å². The maximum absolute atomic E-state index is 13.1. The standard InChI is InChI=1S/C10H8F2O3/c11-8-3-6(1-2-10(14)15)4-9(12)7(8)5-13/h1-4,13H,5H2,(H,14,15)/b2-1+. The van der Waals surface area contributed by atoms with E-state index in [0.29, 0.717) is 0 Å². The van der Waals surface area contributed by atoms with Gasteiger partial charge >= 0.3 is 5.97 Å². The Morgan fingerprint density at radius 3 is 2.27 bits per heavy atom. The normalized spacial score (nSPS) is 10.9. The van der Waals surface area contributed by atoms with Crippen LogP contribution >= 0.6 is 0 Å².